The zero-order valence-electron chi connectivity index (χ0n) is 9.51. The molecule has 2 fully saturated rings. The first kappa shape index (κ1) is 11.4. The third-order valence-electron chi connectivity index (χ3n) is 3.60. The fourth-order valence-electron chi connectivity index (χ4n) is 2.51. The Kier molecular flexibility index (Phi) is 3.70. The third-order valence-corrected chi connectivity index (χ3v) is 3.72. The predicted molar refractivity (Wildman–Crippen MR) is 65.2 cm³/mol. The Bertz CT molecular complexity index is 238. The fraction of sp³-hybridized carbons (Fsp3) is 0.833. The van der Waals surface area contributed by atoms with E-state index in [1.165, 1.54) is 19.3 Å². The molecule has 1 saturated carbocycles. The molecule has 1 aliphatic carbocycles. The minimum Gasteiger partial charge on any atom is -0.311 e. The van der Waals surface area contributed by atoms with Crippen LogP contribution in [-0.4, -0.2) is 36.6 Å². The summed E-state index contributed by atoms with van der Waals surface area (Å²) in [6.07, 6.45) is 4.00. The average molecular weight is 229 g/mol. The van der Waals surface area contributed by atoms with Crippen molar-refractivity contribution in [1.82, 2.24) is 10.2 Å². The number of piperazine rings is 1. The quantitative estimate of drug-likeness (QED) is 0.794. The first-order valence-electron chi connectivity index (χ1n) is 6.01. The van der Waals surface area contributed by atoms with Crippen LogP contribution in [0.15, 0.2) is 11.6 Å². The van der Waals surface area contributed by atoms with Crippen LogP contribution in [0.25, 0.3) is 0 Å². The van der Waals surface area contributed by atoms with Gasteiger partial charge in [-0.15, -0.1) is 0 Å². The summed E-state index contributed by atoms with van der Waals surface area (Å²) in [4.78, 5) is 2.49. The van der Waals surface area contributed by atoms with Gasteiger partial charge in [-0.3, -0.25) is 4.90 Å². The van der Waals surface area contributed by atoms with E-state index in [9.17, 15) is 0 Å². The normalized spacial score (nSPS) is 32.9. The van der Waals surface area contributed by atoms with Crippen LogP contribution in [0.3, 0.4) is 0 Å². The summed E-state index contributed by atoms with van der Waals surface area (Å²) in [6, 6.07) is 1.33. The van der Waals surface area contributed by atoms with Crippen molar-refractivity contribution < 1.29 is 0 Å². The summed E-state index contributed by atoms with van der Waals surface area (Å²) in [5.74, 6) is 0.925. The summed E-state index contributed by atoms with van der Waals surface area (Å²) >= 11 is 5.92. The molecule has 2 rings (SSSR count). The highest BCUT2D eigenvalue weighted by molar-refractivity contribution is 6.29. The topological polar surface area (TPSA) is 15.3 Å². The van der Waals surface area contributed by atoms with Gasteiger partial charge in [0.1, 0.15) is 0 Å². The zero-order chi connectivity index (χ0) is 10.8. The molecule has 1 N–H and O–H groups in total. The minimum absolute atomic E-state index is 0.635. The minimum atomic E-state index is 0.635. The summed E-state index contributed by atoms with van der Waals surface area (Å²) in [5.41, 5.74) is 0. The average Bonchev–Trinajstić information content (AvgIpc) is 3.00. The molecule has 2 unspecified atom stereocenters. The van der Waals surface area contributed by atoms with E-state index in [1.807, 2.05) is 0 Å². The first-order chi connectivity index (χ1) is 7.20. The van der Waals surface area contributed by atoms with Gasteiger partial charge >= 0.3 is 0 Å². The van der Waals surface area contributed by atoms with E-state index in [0.717, 1.165) is 30.6 Å². The number of rotatable bonds is 4. The van der Waals surface area contributed by atoms with Crippen molar-refractivity contribution in [3.63, 3.8) is 0 Å². The van der Waals surface area contributed by atoms with E-state index < -0.39 is 0 Å². The summed E-state index contributed by atoms with van der Waals surface area (Å²) in [6.45, 7) is 9.16. The lowest BCUT2D eigenvalue weighted by molar-refractivity contribution is 0.132. The van der Waals surface area contributed by atoms with Gasteiger partial charge in [0, 0.05) is 36.8 Å². The van der Waals surface area contributed by atoms with Crippen molar-refractivity contribution in [2.75, 3.05) is 19.6 Å². The lowest BCUT2D eigenvalue weighted by atomic mass is 10.0. The maximum atomic E-state index is 5.92. The van der Waals surface area contributed by atoms with Crippen molar-refractivity contribution in [1.29, 1.82) is 0 Å². The Labute approximate surface area is 97.7 Å². The monoisotopic (exact) mass is 228 g/mol. The fourth-order valence-corrected chi connectivity index (χ4v) is 2.67. The lowest BCUT2D eigenvalue weighted by Crippen LogP contribution is -2.57. The molecule has 0 aromatic rings. The molecular weight excluding hydrogens is 208 g/mol. The molecule has 2 nitrogen and oxygen atoms in total. The second kappa shape index (κ2) is 4.86. The molecular formula is C12H21ClN2. The highest BCUT2D eigenvalue weighted by Gasteiger charge is 2.36. The standard InChI is InChI=1S/C12H21ClN2/c1-3-11-6-14-12(10-4-5-10)8-15(11)7-9(2)13/h10-12,14H,2-8H2,1H3. The van der Waals surface area contributed by atoms with Crippen LogP contribution in [0.2, 0.25) is 0 Å². The van der Waals surface area contributed by atoms with Gasteiger partial charge in [0.15, 0.2) is 0 Å². The molecule has 1 aliphatic heterocycles. The summed E-state index contributed by atoms with van der Waals surface area (Å²) in [7, 11) is 0. The molecule has 15 heavy (non-hydrogen) atoms. The molecule has 0 spiro atoms. The Morgan fingerprint density at radius 3 is 2.80 bits per heavy atom. The Balaban J connectivity index is 1.91. The van der Waals surface area contributed by atoms with Gasteiger partial charge in [0.25, 0.3) is 0 Å². The number of hydrogen-bond acceptors (Lipinski definition) is 2. The van der Waals surface area contributed by atoms with Gasteiger partial charge in [-0.1, -0.05) is 25.1 Å². The number of halogens is 1. The predicted octanol–water partition coefficient (Wildman–Crippen LogP) is 2.20. The Morgan fingerprint density at radius 2 is 2.27 bits per heavy atom. The van der Waals surface area contributed by atoms with Gasteiger partial charge in [-0.25, -0.2) is 0 Å². The van der Waals surface area contributed by atoms with Gasteiger partial charge in [0.05, 0.1) is 0 Å². The second-order valence-electron chi connectivity index (χ2n) is 4.86. The van der Waals surface area contributed by atoms with E-state index >= 15 is 0 Å². The molecule has 0 bridgehead atoms. The molecule has 2 atom stereocenters. The molecule has 1 heterocycles. The smallest absolute Gasteiger partial charge is 0.0339 e. The van der Waals surface area contributed by atoms with E-state index in [1.54, 1.807) is 0 Å². The van der Waals surface area contributed by atoms with Crippen molar-refractivity contribution in [2.45, 2.75) is 38.3 Å². The summed E-state index contributed by atoms with van der Waals surface area (Å²) < 4.78 is 0. The van der Waals surface area contributed by atoms with Gasteiger partial charge < -0.3 is 5.32 Å². The maximum absolute atomic E-state index is 5.92. The Hall–Kier alpha value is -0.0500. The van der Waals surface area contributed by atoms with Crippen LogP contribution in [0.5, 0.6) is 0 Å². The van der Waals surface area contributed by atoms with Crippen molar-refractivity contribution >= 4 is 11.6 Å². The lowest BCUT2D eigenvalue weighted by Gasteiger charge is -2.40. The van der Waals surface area contributed by atoms with Gasteiger partial charge in [0.2, 0.25) is 0 Å². The molecule has 3 heteroatoms. The number of nitrogens with one attached hydrogen (secondary N) is 1. The second-order valence-corrected chi connectivity index (χ2v) is 5.40. The van der Waals surface area contributed by atoms with Crippen LogP contribution in [0.1, 0.15) is 26.2 Å². The van der Waals surface area contributed by atoms with E-state index in [4.69, 9.17) is 11.6 Å². The largest absolute Gasteiger partial charge is 0.311 e. The van der Waals surface area contributed by atoms with E-state index in [0.29, 0.717) is 12.1 Å². The van der Waals surface area contributed by atoms with E-state index in [2.05, 4.69) is 23.7 Å². The maximum Gasteiger partial charge on any atom is 0.0339 e. The molecule has 0 amide bonds. The number of nitrogens with zero attached hydrogens (tertiary/aromatic N) is 1. The summed E-state index contributed by atoms with van der Waals surface area (Å²) in [5, 5.41) is 4.44. The molecule has 2 aliphatic rings. The van der Waals surface area contributed by atoms with Crippen molar-refractivity contribution in [3.05, 3.63) is 11.6 Å². The molecule has 0 radical (unpaired) electrons. The number of hydrogen-bond donors (Lipinski definition) is 1. The van der Waals surface area contributed by atoms with Crippen LogP contribution in [0.4, 0.5) is 0 Å². The van der Waals surface area contributed by atoms with Crippen LogP contribution < -0.4 is 5.32 Å². The van der Waals surface area contributed by atoms with E-state index in [-0.39, 0.29) is 0 Å². The van der Waals surface area contributed by atoms with Gasteiger partial charge in [-0.2, -0.15) is 0 Å². The van der Waals surface area contributed by atoms with Crippen molar-refractivity contribution in [2.24, 2.45) is 5.92 Å². The first-order valence-corrected chi connectivity index (χ1v) is 6.39. The highest BCUT2D eigenvalue weighted by atomic mass is 35.5. The van der Waals surface area contributed by atoms with Crippen LogP contribution in [-0.2, 0) is 0 Å². The SMILES string of the molecule is C=C(Cl)CN1CC(C2CC2)NCC1CC. The molecule has 0 aromatic carbocycles. The van der Waals surface area contributed by atoms with Crippen LogP contribution in [0, 0.1) is 5.92 Å². The molecule has 0 aromatic heterocycles. The Morgan fingerprint density at radius 1 is 1.53 bits per heavy atom. The zero-order valence-corrected chi connectivity index (χ0v) is 10.3. The van der Waals surface area contributed by atoms with Crippen LogP contribution >= 0.6 is 11.6 Å². The van der Waals surface area contributed by atoms with Gasteiger partial charge in [-0.05, 0) is 25.2 Å². The van der Waals surface area contributed by atoms with Crippen molar-refractivity contribution in [3.8, 4) is 0 Å². The third kappa shape index (κ3) is 2.96. The molecule has 86 valence electrons. The highest BCUT2D eigenvalue weighted by Crippen LogP contribution is 2.34. The molecule has 1 saturated heterocycles.